The quantitative estimate of drug-likeness (QED) is 0.358. The van der Waals surface area contributed by atoms with E-state index in [0.29, 0.717) is 27.8 Å². The van der Waals surface area contributed by atoms with Crippen molar-refractivity contribution in [3.63, 3.8) is 0 Å². The van der Waals surface area contributed by atoms with Crippen LogP contribution in [0.3, 0.4) is 0 Å². The Labute approximate surface area is 161 Å². The minimum Gasteiger partial charge on any atom is -0.362 e. The van der Waals surface area contributed by atoms with E-state index in [1.165, 1.54) is 23.8 Å². The summed E-state index contributed by atoms with van der Waals surface area (Å²) in [5, 5.41) is 7.73. The molecular weight excluding hydrogens is 355 g/mol. The minimum atomic E-state index is -0.362. The highest BCUT2D eigenvalue weighted by Crippen LogP contribution is 2.29. The number of hydrogen-bond donors (Lipinski definition) is 1. The normalized spacial score (nSPS) is 11.2. The fraction of sp³-hybridized carbons (Fsp3) is 0.0435. The van der Waals surface area contributed by atoms with Crippen LogP contribution in [0.1, 0.15) is 15.9 Å². The van der Waals surface area contributed by atoms with Gasteiger partial charge in [0.25, 0.3) is 0 Å². The maximum absolute atomic E-state index is 13.5. The number of anilines is 1. The lowest BCUT2D eigenvalue weighted by Gasteiger charge is -2.01. The fourth-order valence-electron chi connectivity index (χ4n) is 2.89. The summed E-state index contributed by atoms with van der Waals surface area (Å²) in [6.07, 6.45) is 3.08. The Kier molecular flexibility index (Phi) is 4.72. The highest BCUT2D eigenvalue weighted by molar-refractivity contribution is 6.07. The molecular formula is C23H17FN2O2. The van der Waals surface area contributed by atoms with Gasteiger partial charge in [-0.05, 0) is 49.4 Å². The molecule has 4 aromatic rings. The number of hydrogen-bond acceptors (Lipinski definition) is 4. The molecule has 138 valence electrons. The number of nitrogens with one attached hydrogen (secondary N) is 1. The van der Waals surface area contributed by atoms with E-state index in [1.807, 2.05) is 31.2 Å². The molecule has 0 aliphatic rings. The number of rotatable bonds is 5. The molecule has 1 aromatic heterocycles. The van der Waals surface area contributed by atoms with Crippen LogP contribution in [0.2, 0.25) is 0 Å². The van der Waals surface area contributed by atoms with Crippen LogP contribution in [0.4, 0.5) is 10.1 Å². The molecule has 0 fully saturated rings. The molecule has 4 rings (SSSR count). The molecule has 0 aliphatic heterocycles. The maximum atomic E-state index is 13.5. The summed E-state index contributed by atoms with van der Waals surface area (Å²) in [4.78, 5) is 12.5. The average molecular weight is 372 g/mol. The van der Waals surface area contributed by atoms with Crippen molar-refractivity contribution in [2.24, 2.45) is 0 Å². The van der Waals surface area contributed by atoms with Gasteiger partial charge in [-0.3, -0.25) is 4.79 Å². The number of carbonyl (C=O) groups is 1. The van der Waals surface area contributed by atoms with Gasteiger partial charge in [0.2, 0.25) is 0 Å². The Morgan fingerprint density at radius 2 is 1.89 bits per heavy atom. The fourth-order valence-corrected chi connectivity index (χ4v) is 2.89. The molecule has 1 N–H and O–H groups in total. The van der Waals surface area contributed by atoms with E-state index in [9.17, 15) is 9.18 Å². The molecule has 0 saturated heterocycles. The van der Waals surface area contributed by atoms with Gasteiger partial charge in [0, 0.05) is 29.1 Å². The second kappa shape index (κ2) is 7.48. The number of benzene rings is 3. The highest BCUT2D eigenvalue weighted by Gasteiger charge is 2.13. The first-order valence-electron chi connectivity index (χ1n) is 8.79. The van der Waals surface area contributed by atoms with Gasteiger partial charge < -0.3 is 9.84 Å². The predicted molar refractivity (Wildman–Crippen MR) is 108 cm³/mol. The number of fused-ring (bicyclic) bond motifs is 1. The molecule has 0 radical (unpaired) electrons. The molecule has 4 nitrogen and oxygen atoms in total. The molecule has 0 saturated carbocycles. The summed E-state index contributed by atoms with van der Waals surface area (Å²) in [6, 6.07) is 19.1. The number of nitrogens with zero attached hydrogens (tertiary/aromatic N) is 1. The van der Waals surface area contributed by atoms with E-state index in [4.69, 9.17) is 4.52 Å². The first-order chi connectivity index (χ1) is 13.6. The maximum Gasteiger partial charge on any atom is 0.187 e. The first-order valence-corrected chi connectivity index (χ1v) is 8.79. The lowest BCUT2D eigenvalue weighted by molar-refractivity contribution is 0.104. The summed E-state index contributed by atoms with van der Waals surface area (Å²) >= 11 is 0. The third-order valence-electron chi connectivity index (χ3n) is 4.38. The van der Waals surface area contributed by atoms with Crippen molar-refractivity contribution in [2.45, 2.75) is 6.92 Å². The van der Waals surface area contributed by atoms with Gasteiger partial charge in [0.05, 0.1) is 5.39 Å². The van der Waals surface area contributed by atoms with Crippen LogP contribution in [-0.4, -0.2) is 10.9 Å². The molecule has 0 atom stereocenters. The van der Waals surface area contributed by atoms with Crippen LogP contribution in [0.5, 0.6) is 0 Å². The van der Waals surface area contributed by atoms with Crippen molar-refractivity contribution in [2.75, 3.05) is 5.32 Å². The summed E-state index contributed by atoms with van der Waals surface area (Å²) in [5.41, 5.74) is 3.75. The smallest absolute Gasteiger partial charge is 0.187 e. The Bertz CT molecular complexity index is 1180. The summed E-state index contributed by atoms with van der Waals surface area (Å²) < 4.78 is 18.9. The third kappa shape index (κ3) is 3.69. The van der Waals surface area contributed by atoms with Crippen LogP contribution in [0, 0.1) is 12.7 Å². The first kappa shape index (κ1) is 17.7. The van der Waals surface area contributed by atoms with Gasteiger partial charge in [-0.15, -0.1) is 0 Å². The van der Waals surface area contributed by atoms with E-state index in [1.54, 1.807) is 36.5 Å². The van der Waals surface area contributed by atoms with Crippen LogP contribution >= 0.6 is 0 Å². The van der Waals surface area contributed by atoms with Crippen molar-refractivity contribution in [1.82, 2.24) is 5.16 Å². The molecule has 5 heteroatoms. The molecule has 0 spiro atoms. The van der Waals surface area contributed by atoms with Crippen LogP contribution in [-0.2, 0) is 0 Å². The second-order valence-corrected chi connectivity index (χ2v) is 6.46. The Hall–Kier alpha value is -3.73. The number of aryl methyl sites for hydroxylation is 1. The van der Waals surface area contributed by atoms with E-state index < -0.39 is 0 Å². The monoisotopic (exact) mass is 372 g/mol. The van der Waals surface area contributed by atoms with Crippen molar-refractivity contribution in [3.8, 4) is 11.3 Å². The van der Waals surface area contributed by atoms with Crippen molar-refractivity contribution >= 4 is 22.4 Å². The van der Waals surface area contributed by atoms with Gasteiger partial charge in [-0.2, -0.15) is 0 Å². The molecule has 0 bridgehead atoms. The summed E-state index contributed by atoms with van der Waals surface area (Å²) in [7, 11) is 0. The number of aromatic nitrogens is 1. The van der Waals surface area contributed by atoms with E-state index in [2.05, 4.69) is 10.5 Å². The van der Waals surface area contributed by atoms with Crippen LogP contribution < -0.4 is 5.32 Å². The minimum absolute atomic E-state index is 0.159. The Morgan fingerprint density at radius 1 is 1.07 bits per heavy atom. The summed E-state index contributed by atoms with van der Waals surface area (Å²) in [5.74, 6) is -0.0850. The predicted octanol–water partition coefficient (Wildman–Crippen LogP) is 5.75. The van der Waals surface area contributed by atoms with Gasteiger partial charge in [-0.25, -0.2) is 4.39 Å². The lowest BCUT2D eigenvalue weighted by Crippen LogP contribution is -1.96. The van der Waals surface area contributed by atoms with Crippen molar-refractivity contribution in [3.05, 3.63) is 96.0 Å². The van der Waals surface area contributed by atoms with Gasteiger partial charge >= 0.3 is 0 Å². The SMILES string of the molecule is Cc1ccc(N/C=C/C(=O)c2ccc3noc(-c4cccc(F)c4)c3c2)cc1. The number of allylic oxidation sites excluding steroid dienone is 1. The molecule has 0 aliphatic carbocycles. The Morgan fingerprint density at radius 3 is 2.68 bits per heavy atom. The molecule has 3 aromatic carbocycles. The molecule has 0 amide bonds. The average Bonchev–Trinajstić information content (AvgIpc) is 3.12. The number of carbonyl (C=O) groups excluding carboxylic acids is 1. The number of ketones is 1. The topological polar surface area (TPSA) is 55.1 Å². The largest absolute Gasteiger partial charge is 0.362 e. The molecule has 0 unspecified atom stereocenters. The van der Waals surface area contributed by atoms with Gasteiger partial charge in [0.1, 0.15) is 11.3 Å². The zero-order chi connectivity index (χ0) is 19.5. The molecule has 28 heavy (non-hydrogen) atoms. The number of halogens is 1. The third-order valence-corrected chi connectivity index (χ3v) is 4.38. The van der Waals surface area contributed by atoms with Gasteiger partial charge in [-0.1, -0.05) is 35.0 Å². The zero-order valence-corrected chi connectivity index (χ0v) is 15.1. The zero-order valence-electron chi connectivity index (χ0n) is 15.1. The molecule has 1 heterocycles. The lowest BCUT2D eigenvalue weighted by atomic mass is 10.0. The highest BCUT2D eigenvalue weighted by atomic mass is 19.1. The van der Waals surface area contributed by atoms with Gasteiger partial charge in [0.15, 0.2) is 11.5 Å². The van der Waals surface area contributed by atoms with Crippen molar-refractivity contribution in [1.29, 1.82) is 0 Å². The van der Waals surface area contributed by atoms with Crippen LogP contribution in [0.15, 0.2) is 83.5 Å². The van der Waals surface area contributed by atoms with Crippen molar-refractivity contribution < 1.29 is 13.7 Å². The van der Waals surface area contributed by atoms with Crippen LogP contribution in [0.25, 0.3) is 22.2 Å². The van der Waals surface area contributed by atoms with E-state index in [-0.39, 0.29) is 11.6 Å². The second-order valence-electron chi connectivity index (χ2n) is 6.46. The Balaban J connectivity index is 1.58. The standard InChI is InChI=1S/C23H17FN2O2/c1-15-5-8-19(9-6-15)25-12-11-22(27)16-7-10-21-20(14-16)23(28-26-21)17-3-2-4-18(24)13-17/h2-14,25H,1H3/b12-11+. The van der Waals surface area contributed by atoms with E-state index in [0.717, 1.165) is 5.69 Å². The summed E-state index contributed by atoms with van der Waals surface area (Å²) in [6.45, 7) is 2.02. The van der Waals surface area contributed by atoms with E-state index >= 15 is 0 Å².